The zero-order valence-corrected chi connectivity index (χ0v) is 19.4. The SMILES string of the molecule is COc1cc(C=C2SC(=S)N(NC(=O)c3ccccc3Br)C2=O)cc(OC)c1OC. The summed E-state index contributed by atoms with van der Waals surface area (Å²) in [5.74, 6) is 0.485. The summed E-state index contributed by atoms with van der Waals surface area (Å²) in [6.07, 6.45) is 1.65. The number of carbonyl (C=O) groups excluding carboxylic acids is 2. The van der Waals surface area contributed by atoms with Crippen LogP contribution >= 0.6 is 39.9 Å². The molecule has 7 nitrogen and oxygen atoms in total. The summed E-state index contributed by atoms with van der Waals surface area (Å²) >= 11 is 9.69. The predicted molar refractivity (Wildman–Crippen MR) is 123 cm³/mol. The van der Waals surface area contributed by atoms with E-state index in [1.54, 1.807) is 42.5 Å². The zero-order valence-electron chi connectivity index (χ0n) is 16.2. The van der Waals surface area contributed by atoms with E-state index in [-0.39, 0.29) is 4.32 Å². The van der Waals surface area contributed by atoms with Gasteiger partial charge in [-0.3, -0.25) is 15.0 Å². The van der Waals surface area contributed by atoms with Crippen LogP contribution < -0.4 is 19.6 Å². The quantitative estimate of drug-likeness (QED) is 0.466. The average Bonchev–Trinajstić information content (AvgIpc) is 3.00. The van der Waals surface area contributed by atoms with Crippen molar-refractivity contribution in [2.75, 3.05) is 21.3 Å². The largest absolute Gasteiger partial charge is 0.493 e. The lowest BCUT2D eigenvalue weighted by Gasteiger charge is -2.16. The first kappa shape index (κ1) is 22.1. The molecule has 0 atom stereocenters. The first-order chi connectivity index (χ1) is 14.4. The number of nitrogens with one attached hydrogen (secondary N) is 1. The molecule has 10 heteroatoms. The third-order valence-corrected chi connectivity index (χ3v) is 6.10. The maximum absolute atomic E-state index is 12.8. The summed E-state index contributed by atoms with van der Waals surface area (Å²) in [5.41, 5.74) is 3.60. The highest BCUT2D eigenvalue weighted by Gasteiger charge is 2.34. The molecule has 1 N–H and O–H groups in total. The minimum atomic E-state index is -0.451. The molecule has 2 amide bonds. The lowest BCUT2D eigenvalue weighted by atomic mass is 10.1. The number of amides is 2. The molecule has 2 aromatic rings. The molecule has 156 valence electrons. The van der Waals surface area contributed by atoms with Crippen LogP contribution in [0.15, 0.2) is 45.8 Å². The Labute approximate surface area is 191 Å². The van der Waals surface area contributed by atoms with Gasteiger partial charge in [0.15, 0.2) is 15.8 Å². The molecule has 1 saturated heterocycles. The van der Waals surface area contributed by atoms with Gasteiger partial charge in [-0.25, -0.2) is 0 Å². The van der Waals surface area contributed by atoms with Crippen molar-refractivity contribution in [2.24, 2.45) is 0 Å². The molecule has 2 aromatic carbocycles. The Morgan fingerprint density at radius 2 is 1.77 bits per heavy atom. The van der Waals surface area contributed by atoms with Crippen molar-refractivity contribution in [1.82, 2.24) is 10.4 Å². The molecule has 0 bridgehead atoms. The minimum Gasteiger partial charge on any atom is -0.493 e. The van der Waals surface area contributed by atoms with Gasteiger partial charge in [0.2, 0.25) is 5.75 Å². The predicted octanol–water partition coefficient (Wildman–Crippen LogP) is 4.02. The third kappa shape index (κ3) is 4.45. The summed E-state index contributed by atoms with van der Waals surface area (Å²) in [6.45, 7) is 0. The van der Waals surface area contributed by atoms with Crippen molar-refractivity contribution in [1.29, 1.82) is 0 Å². The van der Waals surface area contributed by atoms with E-state index in [1.807, 2.05) is 0 Å². The summed E-state index contributed by atoms with van der Waals surface area (Å²) in [6, 6.07) is 10.3. The van der Waals surface area contributed by atoms with Crippen LogP contribution in [0.25, 0.3) is 6.08 Å². The van der Waals surface area contributed by atoms with Crippen molar-refractivity contribution in [3.8, 4) is 17.2 Å². The van der Waals surface area contributed by atoms with Gasteiger partial charge in [0.25, 0.3) is 11.8 Å². The Morgan fingerprint density at radius 1 is 1.13 bits per heavy atom. The van der Waals surface area contributed by atoms with E-state index >= 15 is 0 Å². The first-order valence-corrected chi connectivity index (χ1v) is 10.5. The lowest BCUT2D eigenvalue weighted by Crippen LogP contribution is -2.44. The van der Waals surface area contributed by atoms with Crippen molar-refractivity contribution >= 4 is 62.1 Å². The van der Waals surface area contributed by atoms with Crippen molar-refractivity contribution in [3.05, 3.63) is 56.9 Å². The van der Waals surface area contributed by atoms with E-state index < -0.39 is 11.8 Å². The third-order valence-electron chi connectivity index (χ3n) is 4.11. The van der Waals surface area contributed by atoms with Crippen LogP contribution in [0.3, 0.4) is 0 Å². The van der Waals surface area contributed by atoms with Crippen molar-refractivity contribution < 1.29 is 23.8 Å². The van der Waals surface area contributed by atoms with Crippen molar-refractivity contribution in [3.63, 3.8) is 0 Å². The molecular weight excluding hydrogens is 492 g/mol. The monoisotopic (exact) mass is 508 g/mol. The van der Waals surface area contributed by atoms with Crippen LogP contribution in [0.2, 0.25) is 0 Å². The van der Waals surface area contributed by atoms with Gasteiger partial charge in [-0.15, -0.1) is 0 Å². The second-order valence-electron chi connectivity index (χ2n) is 5.90. The van der Waals surface area contributed by atoms with Crippen LogP contribution in [0.5, 0.6) is 17.2 Å². The Morgan fingerprint density at radius 3 is 2.33 bits per heavy atom. The molecule has 0 aromatic heterocycles. The van der Waals surface area contributed by atoms with Gasteiger partial charge < -0.3 is 14.2 Å². The standard InChI is InChI=1S/C20H17BrN2O5S2/c1-26-14-8-11(9-15(27-2)17(14)28-3)10-16-19(25)23(20(29)30-16)22-18(24)12-6-4-5-7-13(12)21/h4-10H,1-3H3,(H,22,24). The molecule has 0 unspecified atom stereocenters. The summed E-state index contributed by atoms with van der Waals surface area (Å²) in [7, 11) is 4.54. The summed E-state index contributed by atoms with van der Waals surface area (Å²) < 4.78 is 16.8. The normalized spacial score (nSPS) is 14.8. The van der Waals surface area contributed by atoms with Gasteiger partial charge in [-0.1, -0.05) is 23.9 Å². The van der Waals surface area contributed by atoms with E-state index in [1.165, 1.54) is 21.3 Å². The van der Waals surface area contributed by atoms with Crippen LogP contribution in [-0.2, 0) is 4.79 Å². The number of benzene rings is 2. The van der Waals surface area contributed by atoms with E-state index in [0.717, 1.165) is 16.8 Å². The van der Waals surface area contributed by atoms with Crippen molar-refractivity contribution in [2.45, 2.75) is 0 Å². The fourth-order valence-electron chi connectivity index (χ4n) is 2.71. The van der Waals surface area contributed by atoms with Crippen LogP contribution in [0, 0.1) is 0 Å². The summed E-state index contributed by atoms with van der Waals surface area (Å²) in [5, 5.41) is 1.06. The number of thiocarbonyl (C=S) groups is 1. The molecule has 1 aliphatic heterocycles. The van der Waals surface area contributed by atoms with Crippen LogP contribution in [0.4, 0.5) is 0 Å². The van der Waals surface area contributed by atoms with Crippen LogP contribution in [-0.4, -0.2) is 42.5 Å². The maximum Gasteiger partial charge on any atom is 0.285 e. The Kier molecular flexibility index (Phi) is 7.01. The van der Waals surface area contributed by atoms with E-state index in [9.17, 15) is 9.59 Å². The van der Waals surface area contributed by atoms with E-state index in [4.69, 9.17) is 26.4 Å². The second kappa shape index (κ2) is 9.50. The number of hydrogen-bond acceptors (Lipinski definition) is 7. The zero-order chi connectivity index (χ0) is 21.8. The molecule has 30 heavy (non-hydrogen) atoms. The molecule has 0 saturated carbocycles. The maximum atomic E-state index is 12.8. The second-order valence-corrected chi connectivity index (χ2v) is 8.43. The number of methoxy groups -OCH3 is 3. The van der Waals surface area contributed by atoms with Gasteiger partial charge in [0, 0.05) is 4.47 Å². The Balaban J connectivity index is 1.86. The number of thioether (sulfide) groups is 1. The van der Waals surface area contributed by atoms with E-state index in [0.29, 0.717) is 37.8 Å². The number of rotatable bonds is 6. The Hall–Kier alpha value is -2.56. The number of hydrogen-bond donors (Lipinski definition) is 1. The molecule has 0 spiro atoms. The van der Waals surface area contributed by atoms with Gasteiger partial charge >= 0.3 is 0 Å². The number of nitrogens with zero attached hydrogens (tertiary/aromatic N) is 1. The highest BCUT2D eigenvalue weighted by molar-refractivity contribution is 9.10. The number of halogens is 1. The fraction of sp³-hybridized carbons (Fsp3) is 0.150. The minimum absolute atomic E-state index is 0.221. The first-order valence-electron chi connectivity index (χ1n) is 8.53. The number of hydrazine groups is 1. The average molecular weight is 509 g/mol. The molecule has 0 radical (unpaired) electrons. The molecular formula is C20H17BrN2O5S2. The van der Waals surface area contributed by atoms with Gasteiger partial charge in [0.1, 0.15) is 0 Å². The lowest BCUT2D eigenvalue weighted by molar-refractivity contribution is -0.123. The van der Waals surface area contributed by atoms with Gasteiger partial charge in [0.05, 0.1) is 31.8 Å². The number of carbonyl (C=O) groups is 2. The van der Waals surface area contributed by atoms with E-state index in [2.05, 4.69) is 21.4 Å². The highest BCUT2D eigenvalue weighted by atomic mass is 79.9. The smallest absolute Gasteiger partial charge is 0.285 e. The molecule has 1 heterocycles. The molecule has 1 aliphatic rings. The molecule has 3 rings (SSSR count). The van der Waals surface area contributed by atoms with Gasteiger partial charge in [-0.05, 0) is 64.1 Å². The number of ether oxygens (including phenoxy) is 3. The molecule has 1 fully saturated rings. The van der Waals surface area contributed by atoms with Crippen LogP contribution in [0.1, 0.15) is 15.9 Å². The highest BCUT2D eigenvalue weighted by Crippen LogP contribution is 2.40. The topological polar surface area (TPSA) is 77.1 Å². The summed E-state index contributed by atoms with van der Waals surface area (Å²) in [4.78, 5) is 25.7. The fourth-order valence-corrected chi connectivity index (χ4v) is 4.35. The Bertz CT molecular complexity index is 1030. The van der Waals surface area contributed by atoms with Gasteiger partial charge in [-0.2, -0.15) is 5.01 Å². The molecule has 0 aliphatic carbocycles.